The zero-order valence-corrected chi connectivity index (χ0v) is 10.7. The van der Waals surface area contributed by atoms with Gasteiger partial charge in [-0.25, -0.2) is 10.8 Å². The average Bonchev–Trinajstić information content (AvgIpc) is 2.45. The molecule has 1 saturated carbocycles. The fraction of sp³-hybridized carbons (Fsp3) is 0.615. The molecule has 5 nitrogen and oxygen atoms in total. The summed E-state index contributed by atoms with van der Waals surface area (Å²) in [6, 6.07) is 5.65. The average molecular weight is 250 g/mol. The van der Waals surface area contributed by atoms with Crippen molar-refractivity contribution in [3.8, 4) is 0 Å². The number of ether oxygens (including phenoxy) is 1. The van der Waals surface area contributed by atoms with Crippen molar-refractivity contribution < 1.29 is 4.74 Å². The summed E-state index contributed by atoms with van der Waals surface area (Å²) in [5.74, 6) is 6.78. The molecule has 1 aliphatic carbocycles. The van der Waals surface area contributed by atoms with E-state index in [1.54, 1.807) is 0 Å². The molecule has 1 heterocycles. The first-order valence-corrected chi connectivity index (χ1v) is 6.67. The molecule has 0 bridgehead atoms. The highest BCUT2D eigenvalue weighted by Gasteiger charge is 2.12. The van der Waals surface area contributed by atoms with Crippen LogP contribution in [-0.2, 0) is 4.74 Å². The van der Waals surface area contributed by atoms with E-state index in [1.807, 2.05) is 18.2 Å². The van der Waals surface area contributed by atoms with E-state index in [0.29, 0.717) is 11.9 Å². The van der Waals surface area contributed by atoms with Crippen molar-refractivity contribution in [3.63, 3.8) is 0 Å². The van der Waals surface area contributed by atoms with Crippen LogP contribution in [0.4, 0.5) is 11.6 Å². The number of pyridine rings is 1. The quantitative estimate of drug-likeness (QED) is 0.410. The number of hydrazine groups is 1. The van der Waals surface area contributed by atoms with Gasteiger partial charge in [-0.05, 0) is 25.0 Å². The second-order valence-electron chi connectivity index (χ2n) is 4.61. The Balaban J connectivity index is 1.65. The number of aromatic nitrogens is 1. The Morgan fingerprint density at radius 1 is 1.22 bits per heavy atom. The zero-order chi connectivity index (χ0) is 12.6. The van der Waals surface area contributed by atoms with E-state index in [0.717, 1.165) is 19.0 Å². The molecule has 4 N–H and O–H groups in total. The number of nitrogens with two attached hydrogens (primary N) is 1. The van der Waals surface area contributed by atoms with E-state index < -0.39 is 0 Å². The van der Waals surface area contributed by atoms with Gasteiger partial charge in [-0.3, -0.25) is 0 Å². The predicted octanol–water partition coefficient (Wildman–Crippen LogP) is 2.13. The molecule has 1 fully saturated rings. The molecule has 0 aliphatic heterocycles. The van der Waals surface area contributed by atoms with Crippen molar-refractivity contribution in [1.29, 1.82) is 0 Å². The lowest BCUT2D eigenvalue weighted by molar-refractivity contribution is 0.0347. The molecule has 0 radical (unpaired) electrons. The normalized spacial score (nSPS) is 16.5. The van der Waals surface area contributed by atoms with Gasteiger partial charge in [0.05, 0.1) is 12.7 Å². The van der Waals surface area contributed by atoms with Gasteiger partial charge in [-0.1, -0.05) is 25.3 Å². The molecule has 2 rings (SSSR count). The van der Waals surface area contributed by atoms with Gasteiger partial charge in [0.15, 0.2) is 0 Å². The fourth-order valence-electron chi connectivity index (χ4n) is 2.25. The van der Waals surface area contributed by atoms with E-state index in [9.17, 15) is 0 Å². The minimum absolute atomic E-state index is 0.463. The Bertz CT molecular complexity index is 353. The highest BCUT2D eigenvalue weighted by Crippen LogP contribution is 2.20. The molecule has 1 aromatic heterocycles. The molecular weight excluding hydrogens is 228 g/mol. The summed E-state index contributed by atoms with van der Waals surface area (Å²) in [6.45, 7) is 1.50. The maximum absolute atomic E-state index is 5.83. The lowest BCUT2D eigenvalue weighted by Crippen LogP contribution is -2.20. The van der Waals surface area contributed by atoms with E-state index >= 15 is 0 Å². The maximum atomic E-state index is 5.83. The summed E-state index contributed by atoms with van der Waals surface area (Å²) in [5, 5.41) is 3.23. The van der Waals surface area contributed by atoms with E-state index in [4.69, 9.17) is 10.6 Å². The molecule has 0 spiro atoms. The molecular formula is C13H22N4O. The van der Waals surface area contributed by atoms with Gasteiger partial charge >= 0.3 is 0 Å². The van der Waals surface area contributed by atoms with E-state index in [-0.39, 0.29) is 0 Å². The van der Waals surface area contributed by atoms with Crippen LogP contribution < -0.4 is 16.6 Å². The van der Waals surface area contributed by atoms with Crippen LogP contribution >= 0.6 is 0 Å². The van der Waals surface area contributed by atoms with Gasteiger partial charge in [-0.2, -0.15) is 0 Å². The van der Waals surface area contributed by atoms with Crippen molar-refractivity contribution in [2.45, 2.75) is 38.2 Å². The number of rotatable bonds is 6. The Morgan fingerprint density at radius 3 is 2.78 bits per heavy atom. The molecule has 0 amide bonds. The second kappa shape index (κ2) is 7.18. The lowest BCUT2D eigenvalue weighted by Gasteiger charge is -2.22. The van der Waals surface area contributed by atoms with Crippen LogP contribution in [0.3, 0.4) is 0 Å². The highest BCUT2D eigenvalue weighted by molar-refractivity contribution is 5.44. The molecule has 1 aromatic rings. The number of hydrogen-bond donors (Lipinski definition) is 3. The van der Waals surface area contributed by atoms with Crippen LogP contribution in [0, 0.1) is 0 Å². The Morgan fingerprint density at radius 2 is 2.00 bits per heavy atom. The maximum Gasteiger partial charge on any atom is 0.142 e. The van der Waals surface area contributed by atoms with Gasteiger partial charge < -0.3 is 15.5 Å². The monoisotopic (exact) mass is 250 g/mol. The lowest BCUT2D eigenvalue weighted by atomic mass is 9.98. The SMILES string of the molecule is NNc1cccc(NCCOC2CCCCC2)n1. The molecule has 0 aromatic carbocycles. The number of nitrogens with one attached hydrogen (secondary N) is 2. The van der Waals surface area contributed by atoms with Crippen LogP contribution in [0.2, 0.25) is 0 Å². The highest BCUT2D eigenvalue weighted by atomic mass is 16.5. The molecule has 0 unspecified atom stereocenters. The summed E-state index contributed by atoms with van der Waals surface area (Å²) < 4.78 is 5.83. The molecule has 5 heteroatoms. The van der Waals surface area contributed by atoms with Crippen molar-refractivity contribution >= 4 is 11.6 Å². The van der Waals surface area contributed by atoms with Gasteiger partial charge in [0.2, 0.25) is 0 Å². The first kappa shape index (κ1) is 13.1. The number of anilines is 2. The summed E-state index contributed by atoms with van der Waals surface area (Å²) in [4.78, 5) is 4.27. The van der Waals surface area contributed by atoms with Gasteiger partial charge in [0, 0.05) is 6.54 Å². The number of hydrogen-bond acceptors (Lipinski definition) is 5. The topological polar surface area (TPSA) is 72.2 Å². The largest absolute Gasteiger partial charge is 0.376 e. The molecule has 18 heavy (non-hydrogen) atoms. The predicted molar refractivity (Wildman–Crippen MR) is 73.4 cm³/mol. The van der Waals surface area contributed by atoms with Crippen LogP contribution in [-0.4, -0.2) is 24.2 Å². The number of nitrogens with zero attached hydrogens (tertiary/aromatic N) is 1. The second-order valence-corrected chi connectivity index (χ2v) is 4.61. The van der Waals surface area contributed by atoms with Crippen LogP contribution in [0.5, 0.6) is 0 Å². The van der Waals surface area contributed by atoms with Crippen molar-refractivity contribution in [3.05, 3.63) is 18.2 Å². The third-order valence-corrected chi connectivity index (χ3v) is 3.21. The standard InChI is InChI=1S/C13H22N4O/c14-17-13-8-4-7-12(16-13)15-9-10-18-11-5-2-1-3-6-11/h4,7-8,11H,1-3,5-6,9-10,14H2,(H2,15,16,17). The third-order valence-electron chi connectivity index (χ3n) is 3.21. The Kier molecular flexibility index (Phi) is 5.23. The van der Waals surface area contributed by atoms with Crippen molar-refractivity contribution in [2.75, 3.05) is 23.9 Å². The zero-order valence-electron chi connectivity index (χ0n) is 10.7. The van der Waals surface area contributed by atoms with Crippen LogP contribution in [0.25, 0.3) is 0 Å². The molecule has 0 atom stereocenters. The van der Waals surface area contributed by atoms with Crippen LogP contribution in [0.15, 0.2) is 18.2 Å². The minimum Gasteiger partial charge on any atom is -0.376 e. The van der Waals surface area contributed by atoms with Gasteiger partial charge in [-0.15, -0.1) is 0 Å². The Hall–Kier alpha value is -1.33. The first-order chi connectivity index (χ1) is 8.88. The third kappa shape index (κ3) is 4.16. The smallest absolute Gasteiger partial charge is 0.142 e. The van der Waals surface area contributed by atoms with E-state index in [2.05, 4.69) is 15.7 Å². The minimum atomic E-state index is 0.463. The van der Waals surface area contributed by atoms with Crippen molar-refractivity contribution in [1.82, 2.24) is 4.98 Å². The summed E-state index contributed by atoms with van der Waals surface area (Å²) in [6.07, 6.45) is 6.87. The van der Waals surface area contributed by atoms with Gasteiger partial charge in [0.1, 0.15) is 11.6 Å². The fourth-order valence-corrected chi connectivity index (χ4v) is 2.25. The van der Waals surface area contributed by atoms with Crippen LogP contribution in [0.1, 0.15) is 32.1 Å². The summed E-state index contributed by atoms with van der Waals surface area (Å²) in [7, 11) is 0. The summed E-state index contributed by atoms with van der Waals surface area (Å²) in [5.41, 5.74) is 2.53. The van der Waals surface area contributed by atoms with Gasteiger partial charge in [0.25, 0.3) is 0 Å². The molecule has 100 valence electrons. The molecule has 0 saturated heterocycles. The van der Waals surface area contributed by atoms with Crippen molar-refractivity contribution in [2.24, 2.45) is 5.84 Å². The Labute approximate surface area is 108 Å². The summed E-state index contributed by atoms with van der Waals surface area (Å²) >= 11 is 0. The first-order valence-electron chi connectivity index (χ1n) is 6.67. The number of nitrogen functional groups attached to an aromatic ring is 1. The molecule has 1 aliphatic rings. The van der Waals surface area contributed by atoms with E-state index in [1.165, 1.54) is 32.1 Å².